The molecule has 0 bridgehead atoms. The molecule has 8 nitrogen and oxygen atoms in total. The maximum absolute atomic E-state index is 12.7. The van der Waals surface area contributed by atoms with E-state index in [-0.39, 0.29) is 24.0 Å². The van der Waals surface area contributed by atoms with E-state index < -0.39 is 17.1 Å². The van der Waals surface area contributed by atoms with Crippen LogP contribution >= 0.6 is 27.7 Å². The van der Waals surface area contributed by atoms with E-state index >= 15 is 0 Å². The summed E-state index contributed by atoms with van der Waals surface area (Å²) in [5.74, 6) is -0.155. The minimum atomic E-state index is -0.502. The Hall–Kier alpha value is -2.33. The molecule has 1 aromatic rings. The molecule has 3 rings (SSSR count). The highest BCUT2D eigenvalue weighted by atomic mass is 79.9. The minimum absolute atomic E-state index is 0.203. The first kappa shape index (κ1) is 23.3. The lowest BCUT2D eigenvalue weighted by atomic mass is 9.99. The van der Waals surface area contributed by atoms with Crippen molar-refractivity contribution in [3.63, 3.8) is 0 Å². The molecule has 0 unspecified atom stereocenters. The van der Waals surface area contributed by atoms with Gasteiger partial charge in [0, 0.05) is 13.1 Å². The van der Waals surface area contributed by atoms with E-state index in [1.807, 2.05) is 0 Å². The van der Waals surface area contributed by atoms with Gasteiger partial charge in [-0.1, -0.05) is 13.0 Å². The number of rotatable bonds is 6. The summed E-state index contributed by atoms with van der Waals surface area (Å²) in [6.07, 6.45) is 3.45. The van der Waals surface area contributed by atoms with Crippen LogP contribution in [0.25, 0.3) is 6.08 Å². The Kier molecular flexibility index (Phi) is 7.77. The van der Waals surface area contributed by atoms with Gasteiger partial charge >= 0.3 is 5.97 Å². The number of imide groups is 1. The van der Waals surface area contributed by atoms with Crippen LogP contribution in [0.1, 0.15) is 25.3 Å². The van der Waals surface area contributed by atoms with Crippen LogP contribution in [0.5, 0.6) is 5.75 Å². The smallest absolute Gasteiger partial charge is 0.343 e. The number of piperidine rings is 1. The van der Waals surface area contributed by atoms with E-state index in [1.165, 1.54) is 7.11 Å². The van der Waals surface area contributed by atoms with Crippen molar-refractivity contribution in [2.75, 3.05) is 33.4 Å². The van der Waals surface area contributed by atoms with Gasteiger partial charge in [-0.3, -0.25) is 19.3 Å². The van der Waals surface area contributed by atoms with Crippen LogP contribution in [0.15, 0.2) is 27.6 Å². The Bertz CT molecular complexity index is 926. The number of amides is 3. The average molecular weight is 511 g/mol. The Morgan fingerprint density at radius 3 is 2.61 bits per heavy atom. The van der Waals surface area contributed by atoms with Crippen molar-refractivity contribution in [1.29, 1.82) is 0 Å². The molecule has 2 heterocycles. The summed E-state index contributed by atoms with van der Waals surface area (Å²) >= 11 is 4.18. The van der Waals surface area contributed by atoms with E-state index in [1.54, 1.807) is 29.2 Å². The molecule has 31 heavy (non-hydrogen) atoms. The molecule has 1 aromatic carbocycles. The van der Waals surface area contributed by atoms with Crippen molar-refractivity contribution >= 4 is 56.8 Å². The third-order valence-electron chi connectivity index (χ3n) is 5.13. The number of hydrogen-bond donors (Lipinski definition) is 0. The molecule has 0 radical (unpaired) electrons. The summed E-state index contributed by atoms with van der Waals surface area (Å²) in [6.45, 7) is 3.01. The summed E-state index contributed by atoms with van der Waals surface area (Å²) in [4.78, 5) is 51.8. The Labute approximate surface area is 193 Å². The van der Waals surface area contributed by atoms with E-state index in [4.69, 9.17) is 4.74 Å². The van der Waals surface area contributed by atoms with Gasteiger partial charge in [0.05, 0.1) is 16.5 Å². The number of nitrogens with zero attached hydrogens (tertiary/aromatic N) is 2. The van der Waals surface area contributed by atoms with Gasteiger partial charge in [-0.25, -0.2) is 4.79 Å². The first-order chi connectivity index (χ1) is 14.8. The molecule has 0 aliphatic carbocycles. The zero-order valence-electron chi connectivity index (χ0n) is 17.3. The lowest BCUT2D eigenvalue weighted by Gasteiger charge is -2.31. The molecule has 0 spiro atoms. The van der Waals surface area contributed by atoms with Crippen LogP contribution in [0.2, 0.25) is 0 Å². The number of ether oxygens (including phenoxy) is 2. The van der Waals surface area contributed by atoms with Crippen LogP contribution in [-0.2, 0) is 19.1 Å². The largest absolute Gasteiger partial charge is 0.481 e. The zero-order valence-corrected chi connectivity index (χ0v) is 19.7. The Morgan fingerprint density at radius 1 is 1.26 bits per heavy atom. The number of carbonyl (C=O) groups excluding carboxylic acids is 4. The number of carbonyl (C=O) groups is 4. The predicted molar refractivity (Wildman–Crippen MR) is 119 cm³/mol. The first-order valence-corrected chi connectivity index (χ1v) is 11.4. The second kappa shape index (κ2) is 10.3. The molecule has 166 valence electrons. The van der Waals surface area contributed by atoms with Crippen LogP contribution < -0.4 is 4.74 Å². The highest BCUT2D eigenvalue weighted by Gasteiger charge is 2.37. The van der Waals surface area contributed by atoms with Crippen LogP contribution in [0.3, 0.4) is 0 Å². The number of likely N-dealkylation sites (tertiary alicyclic amines) is 1. The fourth-order valence-electron chi connectivity index (χ4n) is 3.20. The lowest BCUT2D eigenvalue weighted by Crippen LogP contribution is -2.45. The molecule has 0 saturated carbocycles. The molecular formula is C21H23BrN2O6S. The van der Waals surface area contributed by atoms with Gasteiger partial charge in [0.1, 0.15) is 12.3 Å². The van der Waals surface area contributed by atoms with Gasteiger partial charge in [0.15, 0.2) is 6.61 Å². The highest BCUT2D eigenvalue weighted by Crippen LogP contribution is 2.34. The molecule has 0 N–H and O–H groups in total. The third-order valence-corrected chi connectivity index (χ3v) is 6.66. The van der Waals surface area contributed by atoms with Gasteiger partial charge in [0.25, 0.3) is 11.1 Å². The second-order valence-electron chi connectivity index (χ2n) is 7.39. The van der Waals surface area contributed by atoms with Gasteiger partial charge in [0.2, 0.25) is 5.91 Å². The number of esters is 1. The number of thioether (sulfide) groups is 1. The SMILES string of the molecule is COC(=O)COc1ccc(/C=C2/SC(=O)N(CC(=O)N3CCC(C)CC3)C2=O)cc1Br. The van der Waals surface area contributed by atoms with Crippen molar-refractivity contribution in [3.8, 4) is 5.75 Å². The van der Waals surface area contributed by atoms with Gasteiger partial charge in [-0.2, -0.15) is 0 Å². The van der Waals surface area contributed by atoms with Crippen molar-refractivity contribution in [2.45, 2.75) is 19.8 Å². The maximum Gasteiger partial charge on any atom is 0.343 e. The van der Waals surface area contributed by atoms with Gasteiger partial charge in [-0.15, -0.1) is 0 Å². The summed E-state index contributed by atoms with van der Waals surface area (Å²) < 4.78 is 10.5. The number of hydrogen-bond acceptors (Lipinski definition) is 7. The number of halogens is 1. The quantitative estimate of drug-likeness (QED) is 0.428. The van der Waals surface area contributed by atoms with E-state index in [2.05, 4.69) is 27.6 Å². The predicted octanol–water partition coefficient (Wildman–Crippen LogP) is 3.30. The first-order valence-electron chi connectivity index (χ1n) is 9.80. The molecule has 10 heteroatoms. The molecule has 0 atom stereocenters. The molecule has 2 saturated heterocycles. The normalized spacial score (nSPS) is 18.6. The molecule has 2 aliphatic heterocycles. The molecule has 0 aromatic heterocycles. The van der Waals surface area contributed by atoms with Crippen molar-refractivity contribution in [3.05, 3.63) is 33.1 Å². The second-order valence-corrected chi connectivity index (χ2v) is 9.23. The highest BCUT2D eigenvalue weighted by molar-refractivity contribution is 9.10. The van der Waals surface area contributed by atoms with Crippen LogP contribution in [0, 0.1) is 5.92 Å². The van der Waals surface area contributed by atoms with E-state index in [0.717, 1.165) is 29.5 Å². The lowest BCUT2D eigenvalue weighted by molar-refractivity contribution is -0.143. The van der Waals surface area contributed by atoms with Gasteiger partial charge < -0.3 is 14.4 Å². The van der Waals surface area contributed by atoms with Gasteiger partial charge in [-0.05, 0) is 70.2 Å². The molecule has 3 amide bonds. The van der Waals surface area contributed by atoms with E-state index in [0.29, 0.717) is 34.8 Å². The maximum atomic E-state index is 12.7. The van der Waals surface area contributed by atoms with E-state index in [9.17, 15) is 19.2 Å². The molecular weight excluding hydrogens is 488 g/mol. The fraction of sp³-hybridized carbons (Fsp3) is 0.429. The summed E-state index contributed by atoms with van der Waals surface area (Å²) in [6, 6.07) is 5.05. The number of methoxy groups -OCH3 is 1. The summed E-state index contributed by atoms with van der Waals surface area (Å²) in [7, 11) is 1.28. The minimum Gasteiger partial charge on any atom is -0.481 e. The number of benzene rings is 1. The fourth-order valence-corrected chi connectivity index (χ4v) is 4.55. The topological polar surface area (TPSA) is 93.2 Å². The average Bonchev–Trinajstić information content (AvgIpc) is 3.00. The third kappa shape index (κ3) is 5.88. The summed E-state index contributed by atoms with van der Waals surface area (Å²) in [5.41, 5.74) is 0.666. The molecule has 2 aliphatic rings. The van der Waals surface area contributed by atoms with Crippen molar-refractivity contribution in [2.24, 2.45) is 5.92 Å². The monoisotopic (exact) mass is 510 g/mol. The standard InChI is InChI=1S/C21H23BrN2O6S/c1-13-5-7-23(8-6-13)18(25)11-24-20(27)17(31-21(24)28)10-14-3-4-16(15(22)9-14)30-12-19(26)29-2/h3-4,9-10,13H,5-8,11-12H2,1-2H3/b17-10+. The Balaban J connectivity index is 1.65. The molecule has 2 fully saturated rings. The zero-order chi connectivity index (χ0) is 22.5. The van der Waals surface area contributed by atoms with Crippen LogP contribution in [-0.4, -0.2) is 66.2 Å². The van der Waals surface area contributed by atoms with Crippen molar-refractivity contribution < 1.29 is 28.7 Å². The summed E-state index contributed by atoms with van der Waals surface area (Å²) in [5, 5.41) is -0.452. The van der Waals surface area contributed by atoms with Crippen molar-refractivity contribution in [1.82, 2.24) is 9.80 Å². The Morgan fingerprint density at radius 2 is 1.97 bits per heavy atom. The van der Waals surface area contributed by atoms with Crippen LogP contribution in [0.4, 0.5) is 4.79 Å².